The lowest BCUT2D eigenvalue weighted by Crippen LogP contribution is -2.54. The Morgan fingerprint density at radius 1 is 0.875 bits per heavy atom. The van der Waals surface area contributed by atoms with Crippen LogP contribution in [0.5, 0.6) is 0 Å². The van der Waals surface area contributed by atoms with Crippen LogP contribution in [0.25, 0.3) is 0 Å². The predicted molar refractivity (Wildman–Crippen MR) is 162 cm³/mol. The molecular formula is C28H29Cl4N3O4S. The van der Waals surface area contributed by atoms with E-state index in [2.05, 4.69) is 5.32 Å². The molecule has 1 N–H and O–H groups in total. The molecule has 0 radical (unpaired) electrons. The molecule has 2 amide bonds. The third-order valence-electron chi connectivity index (χ3n) is 5.75. The van der Waals surface area contributed by atoms with Crippen molar-refractivity contribution in [3.63, 3.8) is 0 Å². The zero-order valence-corrected chi connectivity index (χ0v) is 26.1. The summed E-state index contributed by atoms with van der Waals surface area (Å²) in [5.74, 6) is -1.05. The van der Waals surface area contributed by atoms with Gasteiger partial charge in [-0.15, -0.1) is 0 Å². The molecule has 0 aliphatic rings. The van der Waals surface area contributed by atoms with Crippen molar-refractivity contribution in [1.82, 2.24) is 10.2 Å². The van der Waals surface area contributed by atoms with Gasteiger partial charge in [-0.05, 0) is 75.7 Å². The summed E-state index contributed by atoms with van der Waals surface area (Å²) in [5, 5.41) is 3.86. The topological polar surface area (TPSA) is 86.8 Å². The van der Waals surface area contributed by atoms with Crippen molar-refractivity contribution in [3.05, 3.63) is 92.4 Å². The minimum absolute atomic E-state index is 0.0338. The number of halogens is 4. The Kier molecular flexibility index (Phi) is 10.4. The van der Waals surface area contributed by atoms with Gasteiger partial charge in [-0.3, -0.25) is 13.9 Å². The summed E-state index contributed by atoms with van der Waals surface area (Å²) in [6, 6.07) is 15.8. The molecule has 0 bridgehead atoms. The van der Waals surface area contributed by atoms with Gasteiger partial charge < -0.3 is 10.2 Å². The summed E-state index contributed by atoms with van der Waals surface area (Å²) in [6.07, 6.45) is 0. The Labute approximate surface area is 255 Å². The van der Waals surface area contributed by atoms with Gasteiger partial charge in [0.25, 0.3) is 10.0 Å². The summed E-state index contributed by atoms with van der Waals surface area (Å²) in [5.41, 5.74) is 0.126. The lowest BCUT2D eigenvalue weighted by molar-refractivity contribution is -0.140. The molecule has 0 heterocycles. The Bertz CT molecular complexity index is 1470. The van der Waals surface area contributed by atoms with Crippen LogP contribution in [0.3, 0.4) is 0 Å². The normalized spacial score (nSPS) is 12.5. The highest BCUT2D eigenvalue weighted by Gasteiger charge is 2.33. The molecule has 0 aliphatic carbocycles. The minimum Gasteiger partial charge on any atom is -0.350 e. The number of benzene rings is 3. The third-order valence-corrected chi connectivity index (χ3v) is 8.71. The zero-order valence-electron chi connectivity index (χ0n) is 22.3. The number of hydrogen-bond donors (Lipinski definition) is 1. The SMILES string of the molecule is CC(C(=O)NC(C)(C)C)N(Cc1ccc(Cl)c(Cl)c1)C(=O)CN(c1cc(Cl)cc(Cl)c1)S(=O)(=O)c1ccccc1. The van der Waals surface area contributed by atoms with Crippen molar-refractivity contribution in [2.45, 2.75) is 50.7 Å². The molecule has 1 atom stereocenters. The number of rotatable bonds is 9. The Balaban J connectivity index is 2.07. The van der Waals surface area contributed by atoms with Crippen LogP contribution in [0.15, 0.2) is 71.6 Å². The van der Waals surface area contributed by atoms with Crippen molar-refractivity contribution in [2.24, 2.45) is 0 Å². The Morgan fingerprint density at radius 3 is 2.02 bits per heavy atom. The summed E-state index contributed by atoms with van der Waals surface area (Å²) in [4.78, 5) is 28.4. The van der Waals surface area contributed by atoms with Crippen molar-refractivity contribution < 1.29 is 18.0 Å². The van der Waals surface area contributed by atoms with E-state index < -0.39 is 40.0 Å². The van der Waals surface area contributed by atoms with Crippen LogP contribution in [-0.4, -0.2) is 43.3 Å². The molecule has 0 fully saturated rings. The van der Waals surface area contributed by atoms with Gasteiger partial charge in [0.05, 0.1) is 20.6 Å². The summed E-state index contributed by atoms with van der Waals surface area (Å²) in [7, 11) is -4.25. The van der Waals surface area contributed by atoms with Crippen LogP contribution in [0, 0.1) is 0 Å². The lowest BCUT2D eigenvalue weighted by Gasteiger charge is -2.33. The number of carbonyl (C=O) groups is 2. The summed E-state index contributed by atoms with van der Waals surface area (Å²) >= 11 is 24.7. The van der Waals surface area contributed by atoms with E-state index in [0.29, 0.717) is 10.6 Å². The molecular weight excluding hydrogens is 616 g/mol. The number of amides is 2. The Morgan fingerprint density at radius 2 is 1.48 bits per heavy atom. The number of sulfonamides is 1. The smallest absolute Gasteiger partial charge is 0.264 e. The zero-order chi connectivity index (χ0) is 29.8. The van der Waals surface area contributed by atoms with E-state index in [1.165, 1.54) is 35.2 Å². The van der Waals surface area contributed by atoms with Crippen LogP contribution < -0.4 is 9.62 Å². The average Bonchev–Trinajstić information content (AvgIpc) is 2.86. The fourth-order valence-electron chi connectivity index (χ4n) is 3.82. The quantitative estimate of drug-likeness (QED) is 0.277. The first-order chi connectivity index (χ1) is 18.6. The molecule has 0 aliphatic heterocycles. The maximum atomic E-state index is 14.0. The number of carbonyl (C=O) groups excluding carboxylic acids is 2. The molecule has 0 saturated heterocycles. The number of hydrogen-bond acceptors (Lipinski definition) is 4. The molecule has 0 spiro atoms. The van der Waals surface area contributed by atoms with Gasteiger partial charge in [-0.1, -0.05) is 70.7 Å². The lowest BCUT2D eigenvalue weighted by atomic mass is 10.1. The van der Waals surface area contributed by atoms with E-state index >= 15 is 0 Å². The highest BCUT2D eigenvalue weighted by atomic mass is 35.5. The third kappa shape index (κ3) is 8.27. The molecule has 12 heteroatoms. The molecule has 0 aromatic heterocycles. The van der Waals surface area contributed by atoms with Crippen LogP contribution in [0.4, 0.5) is 5.69 Å². The predicted octanol–water partition coefficient (Wildman–Crippen LogP) is 6.83. The van der Waals surface area contributed by atoms with Crippen LogP contribution in [-0.2, 0) is 26.2 Å². The standard InChI is InChI=1S/C28H29Cl4N3O4S/c1-18(27(37)33-28(2,3)4)34(16-19-10-11-24(31)25(32)12-19)26(36)17-35(22-14-20(29)13-21(30)15-22)40(38,39)23-8-6-5-7-9-23/h5-15,18H,16-17H2,1-4H3,(H,33,37). The highest BCUT2D eigenvalue weighted by Crippen LogP contribution is 2.30. The van der Waals surface area contributed by atoms with E-state index in [9.17, 15) is 18.0 Å². The van der Waals surface area contributed by atoms with E-state index in [4.69, 9.17) is 46.4 Å². The number of anilines is 1. The van der Waals surface area contributed by atoms with Gasteiger partial charge in [0, 0.05) is 22.1 Å². The highest BCUT2D eigenvalue weighted by molar-refractivity contribution is 7.92. The molecule has 3 rings (SSSR count). The number of nitrogens with one attached hydrogen (secondary N) is 1. The monoisotopic (exact) mass is 643 g/mol. The average molecular weight is 645 g/mol. The molecule has 3 aromatic carbocycles. The summed E-state index contributed by atoms with van der Waals surface area (Å²) < 4.78 is 28.5. The largest absolute Gasteiger partial charge is 0.350 e. The molecule has 7 nitrogen and oxygen atoms in total. The van der Waals surface area contributed by atoms with Gasteiger partial charge >= 0.3 is 0 Å². The maximum Gasteiger partial charge on any atom is 0.264 e. The van der Waals surface area contributed by atoms with Gasteiger partial charge in [-0.2, -0.15) is 0 Å². The fourth-order valence-corrected chi connectivity index (χ4v) is 6.08. The fraction of sp³-hybridized carbons (Fsp3) is 0.286. The van der Waals surface area contributed by atoms with Crippen molar-refractivity contribution in [2.75, 3.05) is 10.8 Å². The maximum absolute atomic E-state index is 14.0. The van der Waals surface area contributed by atoms with Crippen molar-refractivity contribution in [3.8, 4) is 0 Å². The first kappa shape index (κ1) is 32.0. The first-order valence-corrected chi connectivity index (χ1v) is 15.1. The minimum atomic E-state index is -4.25. The van der Waals surface area contributed by atoms with Crippen LogP contribution in [0.2, 0.25) is 20.1 Å². The molecule has 40 heavy (non-hydrogen) atoms. The molecule has 214 valence electrons. The second-order valence-corrected chi connectivity index (χ2v) is 13.7. The van der Waals surface area contributed by atoms with E-state index in [1.54, 1.807) is 43.3 Å². The first-order valence-electron chi connectivity index (χ1n) is 12.2. The van der Waals surface area contributed by atoms with Crippen LogP contribution >= 0.6 is 46.4 Å². The van der Waals surface area contributed by atoms with Crippen molar-refractivity contribution >= 4 is 73.9 Å². The van der Waals surface area contributed by atoms with E-state index in [-0.39, 0.29) is 32.2 Å². The van der Waals surface area contributed by atoms with Crippen LogP contribution in [0.1, 0.15) is 33.3 Å². The summed E-state index contributed by atoms with van der Waals surface area (Å²) in [6.45, 7) is 6.36. The second kappa shape index (κ2) is 13.0. The van der Waals surface area contributed by atoms with E-state index in [1.807, 2.05) is 20.8 Å². The van der Waals surface area contributed by atoms with Crippen molar-refractivity contribution in [1.29, 1.82) is 0 Å². The van der Waals surface area contributed by atoms with E-state index in [0.717, 1.165) is 4.31 Å². The van der Waals surface area contributed by atoms with Gasteiger partial charge in [0.1, 0.15) is 12.6 Å². The molecule has 3 aromatic rings. The van der Waals surface area contributed by atoms with Gasteiger partial charge in [0.2, 0.25) is 11.8 Å². The van der Waals surface area contributed by atoms with Gasteiger partial charge in [-0.25, -0.2) is 8.42 Å². The molecule has 1 unspecified atom stereocenters. The Hall–Kier alpha value is -2.49. The number of nitrogens with zero attached hydrogens (tertiary/aromatic N) is 2. The second-order valence-electron chi connectivity index (χ2n) is 10.1. The molecule has 0 saturated carbocycles. The van der Waals surface area contributed by atoms with Gasteiger partial charge in [0.15, 0.2) is 0 Å².